The van der Waals surface area contributed by atoms with Crippen LogP contribution in [0.3, 0.4) is 0 Å². The molecule has 13 heavy (non-hydrogen) atoms. The Morgan fingerprint density at radius 1 is 1.46 bits per heavy atom. The summed E-state index contributed by atoms with van der Waals surface area (Å²) in [5.41, 5.74) is 0. The van der Waals surface area contributed by atoms with Gasteiger partial charge in [0.15, 0.2) is 5.78 Å². The predicted octanol–water partition coefficient (Wildman–Crippen LogP) is -0.758. The van der Waals surface area contributed by atoms with E-state index in [9.17, 15) is 4.79 Å². The first-order valence-corrected chi connectivity index (χ1v) is 5.45. The molecule has 0 bridgehead atoms. The zero-order chi connectivity index (χ0) is 10.3. The zero-order valence-electron chi connectivity index (χ0n) is 7.02. The van der Waals surface area contributed by atoms with Crippen LogP contribution in [0.1, 0.15) is 0 Å². The van der Waals surface area contributed by atoms with Crippen LogP contribution in [0.4, 0.5) is 0 Å². The van der Waals surface area contributed by atoms with Gasteiger partial charge in [-0.25, -0.2) is 0 Å². The zero-order valence-corrected chi connectivity index (χ0v) is 8.59. The van der Waals surface area contributed by atoms with Crippen LogP contribution in [-0.4, -0.2) is 57.3 Å². The van der Waals surface area contributed by atoms with E-state index in [-0.39, 0.29) is 5.75 Å². The Bertz CT molecular complexity index is 155. The molecule has 0 aromatic carbocycles. The fourth-order valence-electron chi connectivity index (χ4n) is 0.627. The van der Waals surface area contributed by atoms with Gasteiger partial charge >= 0.3 is 0 Å². The van der Waals surface area contributed by atoms with Crippen molar-refractivity contribution in [3.63, 3.8) is 0 Å². The van der Waals surface area contributed by atoms with Crippen molar-refractivity contribution in [3.8, 4) is 0 Å². The van der Waals surface area contributed by atoms with E-state index in [2.05, 4.69) is 0 Å². The summed E-state index contributed by atoms with van der Waals surface area (Å²) in [7, 11) is 0. The summed E-state index contributed by atoms with van der Waals surface area (Å²) in [6, 6.07) is 0. The summed E-state index contributed by atoms with van der Waals surface area (Å²) in [4.78, 5) is 11.0. The van der Waals surface area contributed by atoms with Crippen molar-refractivity contribution in [1.82, 2.24) is 0 Å². The molecule has 0 aliphatic heterocycles. The second-order valence-electron chi connectivity index (χ2n) is 2.40. The van der Waals surface area contributed by atoms with Gasteiger partial charge in [-0.1, -0.05) is 0 Å². The van der Waals surface area contributed by atoms with Gasteiger partial charge in [-0.15, -0.1) is 11.6 Å². The molecule has 0 radical (unpaired) electrons. The number of alkyl halides is 1. The standard InChI is InChI=1S/C7H13ClO4S/c8-1-2-13-4-6(11)7(12)5(10)3-9/h5,7,9-10,12H,1-4H2/t5-,7-/m0/s1. The lowest BCUT2D eigenvalue weighted by Gasteiger charge is -2.13. The van der Waals surface area contributed by atoms with Crippen LogP contribution < -0.4 is 0 Å². The van der Waals surface area contributed by atoms with Crippen molar-refractivity contribution in [3.05, 3.63) is 0 Å². The molecule has 0 spiro atoms. The number of hydrogen-bond donors (Lipinski definition) is 3. The molecular weight excluding hydrogens is 216 g/mol. The SMILES string of the molecule is O=C(CSCCCl)[C@@H](O)[C@@H](O)CO. The molecule has 0 fully saturated rings. The predicted molar refractivity (Wildman–Crippen MR) is 52.2 cm³/mol. The molecule has 78 valence electrons. The third-order valence-electron chi connectivity index (χ3n) is 1.35. The van der Waals surface area contributed by atoms with Gasteiger partial charge in [0.25, 0.3) is 0 Å². The maximum absolute atomic E-state index is 11.0. The average molecular weight is 229 g/mol. The van der Waals surface area contributed by atoms with Gasteiger partial charge in [0, 0.05) is 11.6 Å². The van der Waals surface area contributed by atoms with Crippen LogP contribution in [0.5, 0.6) is 0 Å². The number of aliphatic hydroxyl groups excluding tert-OH is 3. The molecule has 0 rings (SSSR count). The lowest BCUT2D eigenvalue weighted by atomic mass is 10.1. The average Bonchev–Trinajstić information content (AvgIpc) is 2.15. The summed E-state index contributed by atoms with van der Waals surface area (Å²) in [5.74, 6) is 0.674. The van der Waals surface area contributed by atoms with Gasteiger partial charge in [-0.05, 0) is 0 Å². The van der Waals surface area contributed by atoms with E-state index in [1.165, 1.54) is 11.8 Å². The smallest absolute Gasteiger partial charge is 0.173 e. The normalized spacial score (nSPS) is 15.4. The number of hydrogen-bond acceptors (Lipinski definition) is 5. The van der Waals surface area contributed by atoms with E-state index >= 15 is 0 Å². The Hall–Kier alpha value is 0.190. The van der Waals surface area contributed by atoms with Crippen molar-refractivity contribution in [1.29, 1.82) is 0 Å². The van der Waals surface area contributed by atoms with Crippen LogP contribution >= 0.6 is 23.4 Å². The van der Waals surface area contributed by atoms with Crippen molar-refractivity contribution < 1.29 is 20.1 Å². The fourth-order valence-corrected chi connectivity index (χ4v) is 1.58. The van der Waals surface area contributed by atoms with Crippen LogP contribution in [0, 0.1) is 0 Å². The highest BCUT2D eigenvalue weighted by Crippen LogP contribution is 2.04. The quantitative estimate of drug-likeness (QED) is 0.395. The van der Waals surface area contributed by atoms with Crippen LogP contribution in [-0.2, 0) is 4.79 Å². The Morgan fingerprint density at radius 3 is 2.54 bits per heavy atom. The van der Waals surface area contributed by atoms with E-state index in [1.54, 1.807) is 0 Å². The van der Waals surface area contributed by atoms with Gasteiger partial charge in [-0.2, -0.15) is 11.8 Å². The summed E-state index contributed by atoms with van der Waals surface area (Å²) in [6.45, 7) is -0.618. The minimum Gasteiger partial charge on any atom is -0.394 e. The second kappa shape index (κ2) is 7.58. The summed E-state index contributed by atoms with van der Waals surface area (Å²) in [5, 5.41) is 26.4. The molecule has 6 heteroatoms. The van der Waals surface area contributed by atoms with E-state index < -0.39 is 24.6 Å². The highest BCUT2D eigenvalue weighted by Gasteiger charge is 2.22. The van der Waals surface area contributed by atoms with Crippen LogP contribution in [0.15, 0.2) is 0 Å². The van der Waals surface area contributed by atoms with Crippen molar-refractivity contribution in [2.24, 2.45) is 0 Å². The number of thioether (sulfide) groups is 1. The summed E-state index contributed by atoms with van der Waals surface area (Å²) in [6.07, 6.45) is -2.88. The number of aliphatic hydroxyl groups is 3. The molecule has 0 aromatic heterocycles. The third-order valence-corrected chi connectivity index (χ3v) is 2.74. The lowest BCUT2D eigenvalue weighted by molar-refractivity contribution is -0.131. The minimum absolute atomic E-state index is 0.102. The topological polar surface area (TPSA) is 77.8 Å². The van der Waals surface area contributed by atoms with Crippen molar-refractivity contribution in [2.75, 3.05) is 24.0 Å². The Labute approximate surface area is 85.9 Å². The Balaban J connectivity index is 3.69. The highest BCUT2D eigenvalue weighted by atomic mass is 35.5. The van der Waals surface area contributed by atoms with Gasteiger partial charge in [0.1, 0.15) is 12.2 Å². The van der Waals surface area contributed by atoms with Crippen molar-refractivity contribution in [2.45, 2.75) is 12.2 Å². The fraction of sp³-hybridized carbons (Fsp3) is 0.857. The van der Waals surface area contributed by atoms with Gasteiger partial charge in [0.05, 0.1) is 12.4 Å². The molecule has 0 saturated carbocycles. The number of rotatable bonds is 7. The van der Waals surface area contributed by atoms with E-state index in [0.29, 0.717) is 11.6 Å². The first-order chi connectivity index (χ1) is 6.13. The Kier molecular flexibility index (Phi) is 7.69. The molecule has 0 saturated heterocycles. The second-order valence-corrected chi connectivity index (χ2v) is 3.89. The first kappa shape index (κ1) is 13.2. The molecule has 2 atom stereocenters. The van der Waals surface area contributed by atoms with Gasteiger partial charge in [0.2, 0.25) is 0 Å². The van der Waals surface area contributed by atoms with Gasteiger partial charge in [-0.3, -0.25) is 4.79 Å². The van der Waals surface area contributed by atoms with Crippen LogP contribution in [0.2, 0.25) is 0 Å². The molecule has 0 heterocycles. The molecule has 0 amide bonds. The first-order valence-electron chi connectivity index (χ1n) is 3.77. The van der Waals surface area contributed by atoms with E-state index in [0.717, 1.165) is 0 Å². The van der Waals surface area contributed by atoms with E-state index in [1.807, 2.05) is 0 Å². The van der Waals surface area contributed by atoms with Crippen LogP contribution in [0.25, 0.3) is 0 Å². The van der Waals surface area contributed by atoms with Gasteiger partial charge < -0.3 is 15.3 Å². The maximum Gasteiger partial charge on any atom is 0.173 e. The maximum atomic E-state index is 11.0. The molecule has 3 N–H and O–H groups in total. The highest BCUT2D eigenvalue weighted by molar-refractivity contribution is 8.00. The number of Topliss-reactive ketones (excluding diaryl/α,β-unsaturated/α-hetero) is 1. The number of carbonyl (C=O) groups is 1. The minimum atomic E-state index is -1.49. The molecular formula is C7H13ClO4S. The summed E-state index contributed by atoms with van der Waals surface area (Å²) < 4.78 is 0. The monoisotopic (exact) mass is 228 g/mol. The molecule has 0 aliphatic carbocycles. The molecule has 0 aliphatic rings. The number of ketones is 1. The van der Waals surface area contributed by atoms with E-state index in [4.69, 9.17) is 26.9 Å². The summed E-state index contributed by atoms with van der Waals surface area (Å²) >= 11 is 6.65. The number of halogens is 1. The lowest BCUT2D eigenvalue weighted by Crippen LogP contribution is -2.37. The van der Waals surface area contributed by atoms with Crippen molar-refractivity contribution >= 4 is 29.1 Å². The largest absolute Gasteiger partial charge is 0.394 e. The molecule has 0 aromatic rings. The Morgan fingerprint density at radius 2 is 2.08 bits per heavy atom. The molecule has 0 unspecified atom stereocenters. The molecule has 4 nitrogen and oxygen atoms in total. The third kappa shape index (κ3) is 5.49. The number of carbonyl (C=O) groups excluding carboxylic acids is 1.